The molecule has 1 aliphatic carbocycles. The Morgan fingerprint density at radius 2 is 2.28 bits per heavy atom. The quantitative estimate of drug-likeness (QED) is 0.573. The predicted octanol–water partition coefficient (Wildman–Crippen LogP) is 2.52. The summed E-state index contributed by atoms with van der Waals surface area (Å²) in [4.78, 5) is 11.7. The van der Waals surface area contributed by atoms with Gasteiger partial charge in [-0.3, -0.25) is 0 Å². The number of ether oxygens (including phenoxy) is 1. The summed E-state index contributed by atoms with van der Waals surface area (Å²) in [5.41, 5.74) is 2.67. The van der Waals surface area contributed by atoms with Crippen molar-refractivity contribution in [2.75, 3.05) is 0 Å². The highest BCUT2D eigenvalue weighted by Crippen LogP contribution is 2.31. The lowest BCUT2D eigenvalue weighted by Gasteiger charge is -2.21. The number of esters is 1. The van der Waals surface area contributed by atoms with Crippen LogP contribution in [-0.2, 0) is 9.53 Å². The molecule has 1 aliphatic heterocycles. The van der Waals surface area contributed by atoms with Crippen molar-refractivity contribution in [3.05, 3.63) is 35.5 Å². The second-order valence-corrected chi connectivity index (χ2v) is 5.25. The van der Waals surface area contributed by atoms with Crippen LogP contribution in [0.15, 0.2) is 35.5 Å². The summed E-state index contributed by atoms with van der Waals surface area (Å²) in [6.45, 7) is 7.86. The molecule has 1 N–H and O–H groups in total. The Hall–Kier alpha value is -1.35. The molecule has 0 fully saturated rings. The minimum atomic E-state index is -0.471. The van der Waals surface area contributed by atoms with Gasteiger partial charge < -0.3 is 9.84 Å². The molecule has 0 saturated heterocycles. The van der Waals surface area contributed by atoms with Gasteiger partial charge in [-0.15, -0.1) is 0 Å². The van der Waals surface area contributed by atoms with Gasteiger partial charge in [0.2, 0.25) is 0 Å². The molecule has 0 saturated carbocycles. The summed E-state index contributed by atoms with van der Waals surface area (Å²) in [6.07, 6.45) is 5.18. The minimum Gasteiger partial charge on any atom is -0.454 e. The molecule has 2 rings (SSSR count). The number of hydrogen-bond donors (Lipinski definition) is 1. The van der Waals surface area contributed by atoms with Gasteiger partial charge >= 0.3 is 5.97 Å². The Morgan fingerprint density at radius 3 is 2.94 bits per heavy atom. The largest absolute Gasteiger partial charge is 0.454 e. The Bertz CT molecular complexity index is 431. The van der Waals surface area contributed by atoms with Crippen LogP contribution in [0.25, 0.3) is 0 Å². The molecule has 0 aromatic heterocycles. The van der Waals surface area contributed by atoms with E-state index in [4.69, 9.17) is 4.74 Å². The Morgan fingerprint density at radius 1 is 1.56 bits per heavy atom. The highest BCUT2D eigenvalue weighted by molar-refractivity contribution is 5.91. The van der Waals surface area contributed by atoms with Crippen molar-refractivity contribution in [2.45, 2.75) is 45.3 Å². The molecule has 0 radical (unpaired) electrons. The van der Waals surface area contributed by atoms with E-state index >= 15 is 0 Å². The maximum absolute atomic E-state index is 11.7. The average molecular weight is 248 g/mol. The van der Waals surface area contributed by atoms with Crippen molar-refractivity contribution in [3.8, 4) is 0 Å². The molecule has 2 aliphatic rings. The van der Waals surface area contributed by atoms with Gasteiger partial charge in [0.15, 0.2) is 0 Å². The summed E-state index contributed by atoms with van der Waals surface area (Å²) in [7, 11) is 0. The number of hydrogen-bond acceptors (Lipinski definition) is 3. The van der Waals surface area contributed by atoms with Crippen LogP contribution in [0.5, 0.6) is 0 Å². The summed E-state index contributed by atoms with van der Waals surface area (Å²) >= 11 is 0. The van der Waals surface area contributed by atoms with Crippen LogP contribution < -0.4 is 0 Å². The van der Waals surface area contributed by atoms with Crippen LogP contribution in [-0.4, -0.2) is 23.3 Å². The zero-order valence-electron chi connectivity index (χ0n) is 11.0. The van der Waals surface area contributed by atoms with Crippen LogP contribution in [0.4, 0.5) is 0 Å². The normalized spacial score (nSPS) is 32.4. The van der Waals surface area contributed by atoms with Crippen LogP contribution in [0.3, 0.4) is 0 Å². The fourth-order valence-corrected chi connectivity index (χ4v) is 2.47. The van der Waals surface area contributed by atoms with Gasteiger partial charge in [-0.25, -0.2) is 4.79 Å². The summed E-state index contributed by atoms with van der Waals surface area (Å²) < 4.78 is 5.40. The lowest BCUT2D eigenvalue weighted by molar-refractivity contribution is -0.141. The molecule has 0 amide bonds. The number of carbonyl (C=O) groups is 1. The van der Waals surface area contributed by atoms with Gasteiger partial charge in [0.25, 0.3) is 0 Å². The van der Waals surface area contributed by atoms with Crippen LogP contribution in [0.2, 0.25) is 0 Å². The van der Waals surface area contributed by atoms with Gasteiger partial charge in [0.05, 0.1) is 6.10 Å². The van der Waals surface area contributed by atoms with Crippen molar-refractivity contribution in [2.24, 2.45) is 5.92 Å². The standard InChI is InChI=1S/C15H20O3/c1-9(2)12-6-4-10(3)13(16)7-5-11-8-14(12)18-15(11)17/h4,8,12-14,16H,1,5-7H2,2-3H3/t12-,13+,14+/m1/s1. The summed E-state index contributed by atoms with van der Waals surface area (Å²) in [5.74, 6) is -0.135. The number of rotatable bonds is 1. The Balaban J connectivity index is 2.29. The SMILES string of the molecule is C=C(C)[C@H]1CC=C(C)[C@@H](O)CCC2=C[C@@H]1OC2=O. The van der Waals surface area contributed by atoms with Crippen LogP contribution in [0.1, 0.15) is 33.1 Å². The molecular weight excluding hydrogens is 228 g/mol. The van der Waals surface area contributed by atoms with E-state index in [1.54, 1.807) is 0 Å². The van der Waals surface area contributed by atoms with E-state index in [2.05, 4.69) is 6.58 Å². The van der Waals surface area contributed by atoms with Crippen molar-refractivity contribution < 1.29 is 14.6 Å². The van der Waals surface area contributed by atoms with Crippen molar-refractivity contribution in [1.29, 1.82) is 0 Å². The molecule has 18 heavy (non-hydrogen) atoms. The number of aliphatic hydroxyl groups excluding tert-OH is 1. The Labute approximate surface area is 108 Å². The van der Waals surface area contributed by atoms with E-state index < -0.39 is 6.10 Å². The van der Waals surface area contributed by atoms with E-state index in [9.17, 15) is 9.90 Å². The number of allylic oxidation sites excluding steroid dienone is 1. The third-order valence-electron chi connectivity index (χ3n) is 3.81. The predicted molar refractivity (Wildman–Crippen MR) is 69.9 cm³/mol. The molecule has 2 bridgehead atoms. The van der Waals surface area contributed by atoms with Crippen LogP contribution >= 0.6 is 0 Å². The number of carbonyl (C=O) groups excluding carboxylic acids is 1. The van der Waals surface area contributed by atoms with Crippen molar-refractivity contribution in [3.63, 3.8) is 0 Å². The number of aliphatic hydroxyl groups is 1. The average Bonchev–Trinajstić information content (AvgIpc) is 2.66. The zero-order valence-corrected chi connectivity index (χ0v) is 11.0. The molecule has 0 aromatic carbocycles. The second-order valence-electron chi connectivity index (χ2n) is 5.25. The van der Waals surface area contributed by atoms with E-state index in [1.807, 2.05) is 26.0 Å². The Kier molecular flexibility index (Phi) is 3.71. The lowest BCUT2D eigenvalue weighted by atomic mass is 9.88. The zero-order chi connectivity index (χ0) is 13.3. The lowest BCUT2D eigenvalue weighted by Crippen LogP contribution is -2.21. The van der Waals surface area contributed by atoms with Crippen LogP contribution in [0, 0.1) is 5.92 Å². The first kappa shape index (κ1) is 13.1. The van der Waals surface area contributed by atoms with E-state index in [0.717, 1.165) is 17.6 Å². The molecule has 0 aromatic rings. The number of fused-ring (bicyclic) bond motifs is 1. The topological polar surface area (TPSA) is 46.5 Å². The minimum absolute atomic E-state index is 0.103. The highest BCUT2D eigenvalue weighted by Gasteiger charge is 2.32. The molecule has 0 spiro atoms. The van der Waals surface area contributed by atoms with Gasteiger partial charge in [0.1, 0.15) is 6.10 Å². The van der Waals surface area contributed by atoms with Crippen molar-refractivity contribution in [1.82, 2.24) is 0 Å². The molecule has 0 unspecified atom stereocenters. The molecule has 1 heterocycles. The molecule has 3 heteroatoms. The van der Waals surface area contributed by atoms with E-state index in [-0.39, 0.29) is 18.0 Å². The monoisotopic (exact) mass is 248 g/mol. The maximum atomic E-state index is 11.7. The fraction of sp³-hybridized carbons (Fsp3) is 0.533. The van der Waals surface area contributed by atoms with Gasteiger partial charge in [-0.05, 0) is 44.8 Å². The van der Waals surface area contributed by atoms with Crippen molar-refractivity contribution >= 4 is 5.97 Å². The molecule has 3 atom stereocenters. The van der Waals surface area contributed by atoms with Gasteiger partial charge in [0, 0.05) is 11.5 Å². The third kappa shape index (κ3) is 2.56. The van der Waals surface area contributed by atoms with E-state index in [1.165, 1.54) is 0 Å². The molecule has 98 valence electrons. The fourth-order valence-electron chi connectivity index (χ4n) is 2.47. The molecule has 3 nitrogen and oxygen atoms in total. The summed E-state index contributed by atoms with van der Waals surface area (Å²) in [6, 6.07) is 0. The first-order valence-electron chi connectivity index (χ1n) is 6.41. The van der Waals surface area contributed by atoms with Gasteiger partial charge in [-0.2, -0.15) is 0 Å². The third-order valence-corrected chi connectivity index (χ3v) is 3.81. The first-order chi connectivity index (χ1) is 8.49. The highest BCUT2D eigenvalue weighted by atomic mass is 16.5. The maximum Gasteiger partial charge on any atom is 0.334 e. The van der Waals surface area contributed by atoms with E-state index in [0.29, 0.717) is 18.4 Å². The second kappa shape index (κ2) is 5.11. The van der Waals surface area contributed by atoms with Gasteiger partial charge in [-0.1, -0.05) is 18.2 Å². The first-order valence-corrected chi connectivity index (χ1v) is 6.41. The molecular formula is C15H20O3. The summed E-state index contributed by atoms with van der Waals surface area (Å²) in [5, 5.41) is 9.97. The smallest absolute Gasteiger partial charge is 0.334 e.